The maximum Gasteiger partial charge on any atom is 0.321 e. The van der Waals surface area contributed by atoms with E-state index in [9.17, 15) is 9.59 Å². The Bertz CT molecular complexity index is 567. The van der Waals surface area contributed by atoms with Crippen LogP contribution in [0.3, 0.4) is 0 Å². The third-order valence-electron chi connectivity index (χ3n) is 2.68. The van der Waals surface area contributed by atoms with Crippen LogP contribution in [0.4, 0.5) is 4.79 Å². The summed E-state index contributed by atoms with van der Waals surface area (Å²) in [6.07, 6.45) is 0. The van der Waals surface area contributed by atoms with Crippen LogP contribution in [0.5, 0.6) is 0 Å². The van der Waals surface area contributed by atoms with Gasteiger partial charge in [-0.15, -0.1) is 22.7 Å². The summed E-state index contributed by atoms with van der Waals surface area (Å²) in [4.78, 5) is 27.4. The number of rotatable bonds is 6. The molecule has 0 aliphatic rings. The number of nitrogens with zero attached hydrogens (tertiary/aromatic N) is 1. The highest BCUT2D eigenvalue weighted by atomic mass is 32.1. The van der Waals surface area contributed by atoms with Crippen molar-refractivity contribution in [3.05, 3.63) is 44.8 Å². The van der Waals surface area contributed by atoms with Crippen molar-refractivity contribution in [2.24, 2.45) is 0 Å². The molecule has 0 radical (unpaired) electrons. The van der Waals surface area contributed by atoms with Crippen LogP contribution in [0.1, 0.15) is 9.75 Å². The quantitative estimate of drug-likeness (QED) is 0.857. The number of nitrogens with one attached hydrogen (secondary N) is 2. The summed E-state index contributed by atoms with van der Waals surface area (Å²) in [7, 11) is 1.85. The van der Waals surface area contributed by atoms with Gasteiger partial charge in [0.15, 0.2) is 0 Å². The average molecular weight is 323 g/mol. The van der Waals surface area contributed by atoms with Gasteiger partial charge in [0, 0.05) is 16.3 Å². The second kappa shape index (κ2) is 7.92. The fourth-order valence-electron chi connectivity index (χ4n) is 1.76. The Morgan fingerprint density at radius 3 is 2.43 bits per heavy atom. The fourth-order valence-corrected chi connectivity index (χ4v) is 3.19. The van der Waals surface area contributed by atoms with Gasteiger partial charge in [-0.25, -0.2) is 4.79 Å². The Hall–Kier alpha value is -1.70. The number of amides is 3. The van der Waals surface area contributed by atoms with Gasteiger partial charge >= 0.3 is 6.03 Å². The number of imide groups is 1. The molecule has 0 aliphatic carbocycles. The molecular formula is C14H17N3O2S2. The first-order valence-electron chi connectivity index (χ1n) is 6.44. The Balaban J connectivity index is 1.67. The molecule has 0 fully saturated rings. The lowest BCUT2D eigenvalue weighted by Crippen LogP contribution is -2.43. The Labute approximate surface area is 131 Å². The first-order valence-corrected chi connectivity index (χ1v) is 8.20. The molecule has 2 heterocycles. The third-order valence-corrected chi connectivity index (χ3v) is 4.41. The van der Waals surface area contributed by atoms with Crippen molar-refractivity contribution in [1.82, 2.24) is 15.5 Å². The van der Waals surface area contributed by atoms with Crippen LogP contribution in [-0.2, 0) is 17.9 Å². The number of thiophene rings is 2. The van der Waals surface area contributed by atoms with Crippen molar-refractivity contribution in [3.63, 3.8) is 0 Å². The Morgan fingerprint density at radius 2 is 1.81 bits per heavy atom. The Morgan fingerprint density at radius 1 is 1.14 bits per heavy atom. The zero-order valence-electron chi connectivity index (χ0n) is 11.7. The summed E-state index contributed by atoms with van der Waals surface area (Å²) in [5, 5.41) is 8.93. The average Bonchev–Trinajstić information content (AvgIpc) is 3.08. The topological polar surface area (TPSA) is 61.4 Å². The summed E-state index contributed by atoms with van der Waals surface area (Å²) in [6, 6.07) is 7.39. The van der Waals surface area contributed by atoms with E-state index in [-0.39, 0.29) is 12.5 Å². The number of carbonyl (C=O) groups excluding carboxylic acids is 2. The number of likely N-dealkylation sites (N-methyl/N-ethyl adjacent to an activating group) is 1. The molecule has 0 aromatic carbocycles. The molecule has 0 bridgehead atoms. The maximum absolute atomic E-state index is 11.7. The molecule has 2 rings (SSSR count). The molecule has 0 saturated carbocycles. The molecule has 5 nitrogen and oxygen atoms in total. The van der Waals surface area contributed by atoms with E-state index in [2.05, 4.69) is 10.6 Å². The molecule has 2 aromatic heterocycles. The molecule has 0 spiro atoms. The van der Waals surface area contributed by atoms with Crippen molar-refractivity contribution in [2.75, 3.05) is 13.6 Å². The van der Waals surface area contributed by atoms with Crippen LogP contribution in [0, 0.1) is 0 Å². The number of hydrogen-bond acceptors (Lipinski definition) is 5. The van der Waals surface area contributed by atoms with Gasteiger partial charge in [-0.05, 0) is 29.9 Å². The second-order valence-corrected chi connectivity index (χ2v) is 6.63. The third kappa shape index (κ3) is 5.66. The molecular weight excluding hydrogens is 306 g/mol. The molecule has 0 unspecified atom stereocenters. The molecule has 2 N–H and O–H groups in total. The lowest BCUT2D eigenvalue weighted by molar-refractivity contribution is -0.120. The van der Waals surface area contributed by atoms with Gasteiger partial charge in [-0.2, -0.15) is 0 Å². The predicted octanol–water partition coefficient (Wildman–Crippen LogP) is 2.27. The van der Waals surface area contributed by atoms with Crippen LogP contribution in [0.15, 0.2) is 35.0 Å². The number of urea groups is 1. The van der Waals surface area contributed by atoms with E-state index >= 15 is 0 Å². The highest BCUT2D eigenvalue weighted by molar-refractivity contribution is 7.10. The van der Waals surface area contributed by atoms with E-state index in [4.69, 9.17) is 0 Å². The van der Waals surface area contributed by atoms with E-state index in [1.807, 2.05) is 47.0 Å². The van der Waals surface area contributed by atoms with Crippen LogP contribution >= 0.6 is 22.7 Å². The molecule has 112 valence electrons. The zero-order valence-corrected chi connectivity index (χ0v) is 13.3. The lowest BCUT2D eigenvalue weighted by atomic mass is 10.4. The van der Waals surface area contributed by atoms with E-state index in [1.54, 1.807) is 22.7 Å². The van der Waals surface area contributed by atoms with Gasteiger partial charge in [0.05, 0.1) is 13.1 Å². The zero-order chi connectivity index (χ0) is 15.1. The standard InChI is InChI=1S/C14H17N3O2S2/c1-17(9-12-5-3-7-21-12)10-13(18)16-14(19)15-8-11-4-2-6-20-11/h2-7H,8-10H2,1H3,(H2,15,16,18,19). The van der Waals surface area contributed by atoms with Crippen LogP contribution in [0.25, 0.3) is 0 Å². The molecule has 0 aliphatic heterocycles. The molecule has 21 heavy (non-hydrogen) atoms. The van der Waals surface area contributed by atoms with Crippen molar-refractivity contribution >= 4 is 34.6 Å². The first kappa shape index (κ1) is 15.7. The van der Waals surface area contributed by atoms with Crippen molar-refractivity contribution in [1.29, 1.82) is 0 Å². The summed E-state index contributed by atoms with van der Waals surface area (Å²) in [5.74, 6) is -0.308. The predicted molar refractivity (Wildman–Crippen MR) is 85.4 cm³/mol. The van der Waals surface area contributed by atoms with E-state index in [1.165, 1.54) is 4.88 Å². The van der Waals surface area contributed by atoms with Gasteiger partial charge < -0.3 is 5.32 Å². The van der Waals surface area contributed by atoms with Gasteiger partial charge in [0.25, 0.3) is 0 Å². The van der Waals surface area contributed by atoms with Gasteiger partial charge in [-0.1, -0.05) is 12.1 Å². The number of hydrogen-bond donors (Lipinski definition) is 2. The van der Waals surface area contributed by atoms with Crippen LogP contribution < -0.4 is 10.6 Å². The highest BCUT2D eigenvalue weighted by Crippen LogP contribution is 2.10. The number of carbonyl (C=O) groups is 2. The van der Waals surface area contributed by atoms with Gasteiger partial charge in [0.1, 0.15) is 0 Å². The molecule has 2 aromatic rings. The minimum absolute atomic E-state index is 0.185. The molecule has 0 saturated heterocycles. The molecule has 0 atom stereocenters. The van der Waals surface area contributed by atoms with Gasteiger partial charge in [-0.3, -0.25) is 15.0 Å². The first-order chi connectivity index (χ1) is 10.1. The van der Waals surface area contributed by atoms with Crippen molar-refractivity contribution < 1.29 is 9.59 Å². The maximum atomic E-state index is 11.7. The highest BCUT2D eigenvalue weighted by Gasteiger charge is 2.11. The summed E-state index contributed by atoms with van der Waals surface area (Å²) < 4.78 is 0. The fraction of sp³-hybridized carbons (Fsp3) is 0.286. The monoisotopic (exact) mass is 323 g/mol. The summed E-state index contributed by atoms with van der Waals surface area (Å²) >= 11 is 3.21. The molecule has 3 amide bonds. The van der Waals surface area contributed by atoms with Crippen molar-refractivity contribution in [2.45, 2.75) is 13.1 Å². The van der Waals surface area contributed by atoms with Crippen LogP contribution in [-0.4, -0.2) is 30.4 Å². The lowest BCUT2D eigenvalue weighted by Gasteiger charge is -2.14. The van der Waals surface area contributed by atoms with Crippen LogP contribution in [0.2, 0.25) is 0 Å². The SMILES string of the molecule is CN(CC(=O)NC(=O)NCc1cccs1)Cc1cccs1. The summed E-state index contributed by atoms with van der Waals surface area (Å²) in [6.45, 7) is 1.31. The van der Waals surface area contributed by atoms with E-state index in [0.717, 1.165) is 4.88 Å². The van der Waals surface area contributed by atoms with E-state index in [0.29, 0.717) is 13.1 Å². The van der Waals surface area contributed by atoms with Gasteiger partial charge in [0.2, 0.25) is 5.91 Å². The van der Waals surface area contributed by atoms with E-state index < -0.39 is 6.03 Å². The summed E-state index contributed by atoms with van der Waals surface area (Å²) in [5.41, 5.74) is 0. The largest absolute Gasteiger partial charge is 0.333 e. The minimum atomic E-state index is -0.460. The normalized spacial score (nSPS) is 10.6. The Kier molecular flexibility index (Phi) is 5.91. The van der Waals surface area contributed by atoms with Crippen molar-refractivity contribution in [3.8, 4) is 0 Å². The molecule has 7 heteroatoms. The smallest absolute Gasteiger partial charge is 0.321 e. The second-order valence-electron chi connectivity index (χ2n) is 4.56. The minimum Gasteiger partial charge on any atom is -0.333 e.